The van der Waals surface area contributed by atoms with Crippen LogP contribution in [0.4, 0.5) is 17.1 Å². The van der Waals surface area contributed by atoms with E-state index in [1.807, 2.05) is 12.1 Å². The lowest BCUT2D eigenvalue weighted by molar-refractivity contribution is 0.0949. The molecule has 9 nitrogen and oxygen atoms in total. The predicted octanol–water partition coefficient (Wildman–Crippen LogP) is 4.71. The third kappa shape index (κ3) is 5.41. The van der Waals surface area contributed by atoms with E-state index in [1.165, 1.54) is 19.2 Å². The molecule has 0 saturated heterocycles. The Kier molecular flexibility index (Phi) is 6.71. The summed E-state index contributed by atoms with van der Waals surface area (Å²) in [5.74, 6) is -0.290. The molecule has 1 heterocycles. The van der Waals surface area contributed by atoms with Crippen molar-refractivity contribution in [3.05, 3.63) is 95.6 Å². The zero-order valence-electron chi connectivity index (χ0n) is 21.1. The molecule has 0 atom stereocenters. The normalized spacial score (nSPS) is 12.3. The summed E-state index contributed by atoms with van der Waals surface area (Å²) in [4.78, 5) is 26.0. The van der Waals surface area contributed by atoms with Crippen molar-refractivity contribution in [1.29, 1.82) is 0 Å². The second kappa shape index (κ2) is 10.1. The number of anilines is 3. The molecule has 5 rings (SSSR count). The molecule has 1 aliphatic heterocycles. The van der Waals surface area contributed by atoms with Crippen LogP contribution in [0.25, 0.3) is 11.1 Å². The summed E-state index contributed by atoms with van der Waals surface area (Å²) in [6.07, 6.45) is 1.14. The Bertz CT molecular complexity index is 1720. The molecule has 0 aromatic heterocycles. The second-order valence-electron chi connectivity index (χ2n) is 9.09. The Labute approximate surface area is 225 Å². The van der Waals surface area contributed by atoms with Gasteiger partial charge in [-0.05, 0) is 71.3 Å². The largest absolute Gasteiger partial charge is 0.504 e. The van der Waals surface area contributed by atoms with Gasteiger partial charge in [0, 0.05) is 18.4 Å². The Morgan fingerprint density at radius 3 is 2.31 bits per heavy atom. The Morgan fingerprint density at radius 2 is 1.59 bits per heavy atom. The summed E-state index contributed by atoms with van der Waals surface area (Å²) >= 11 is 0. The van der Waals surface area contributed by atoms with Crippen LogP contribution in [0.5, 0.6) is 11.5 Å². The number of phenols is 1. The van der Waals surface area contributed by atoms with Crippen molar-refractivity contribution >= 4 is 38.7 Å². The number of carbonyl (C=O) groups is 2. The molecule has 1 aliphatic rings. The van der Waals surface area contributed by atoms with E-state index in [2.05, 4.69) is 16.0 Å². The molecule has 0 spiro atoms. The number of aromatic hydroxyl groups is 1. The van der Waals surface area contributed by atoms with Crippen molar-refractivity contribution in [1.82, 2.24) is 5.32 Å². The standard InChI is InChI=1S/C29H25N3O6S/c1-38-27-15-19(7-12-26(27)33)18-5-10-22-24(13-18)31-23-11-6-20(14-25(23)32-29(22)35)28(34)30-16-17-3-8-21(9-4-17)39(2,36)37/h3-15,31,33H,16H2,1-2H3,(H,30,34)(H,32,35). The second-order valence-corrected chi connectivity index (χ2v) is 11.1. The summed E-state index contributed by atoms with van der Waals surface area (Å²) in [5, 5.41) is 18.9. The first-order valence-electron chi connectivity index (χ1n) is 11.9. The maximum Gasteiger partial charge on any atom is 0.257 e. The molecule has 0 unspecified atom stereocenters. The van der Waals surface area contributed by atoms with Crippen LogP contribution in [-0.2, 0) is 16.4 Å². The molecule has 0 saturated carbocycles. The fraction of sp³-hybridized carbons (Fsp3) is 0.103. The molecule has 0 radical (unpaired) electrons. The van der Waals surface area contributed by atoms with Gasteiger partial charge in [0.05, 0.1) is 34.6 Å². The van der Waals surface area contributed by atoms with Crippen LogP contribution < -0.4 is 20.7 Å². The lowest BCUT2D eigenvalue weighted by Gasteiger charge is -2.12. The summed E-state index contributed by atoms with van der Waals surface area (Å²) < 4.78 is 28.5. The molecular weight excluding hydrogens is 518 g/mol. The molecule has 198 valence electrons. The topological polar surface area (TPSA) is 134 Å². The fourth-order valence-electron chi connectivity index (χ4n) is 4.25. The number of amides is 2. The molecule has 10 heteroatoms. The number of methoxy groups -OCH3 is 1. The number of hydrogen-bond donors (Lipinski definition) is 4. The first-order chi connectivity index (χ1) is 18.6. The van der Waals surface area contributed by atoms with Crippen LogP contribution in [0, 0.1) is 0 Å². The number of phenolic OH excluding ortho intramolecular Hbond substituents is 1. The van der Waals surface area contributed by atoms with Crippen LogP contribution in [0.1, 0.15) is 26.3 Å². The summed E-state index contributed by atoms with van der Waals surface area (Å²) in [6, 6.07) is 21.7. The van der Waals surface area contributed by atoms with Gasteiger partial charge in [-0.2, -0.15) is 0 Å². The van der Waals surface area contributed by atoms with Crippen molar-refractivity contribution in [2.24, 2.45) is 0 Å². The number of nitrogens with one attached hydrogen (secondary N) is 3. The minimum Gasteiger partial charge on any atom is -0.504 e. The van der Waals surface area contributed by atoms with Crippen molar-refractivity contribution in [2.45, 2.75) is 11.4 Å². The number of carbonyl (C=O) groups excluding carboxylic acids is 2. The van der Waals surface area contributed by atoms with Crippen LogP contribution in [-0.4, -0.2) is 38.7 Å². The van der Waals surface area contributed by atoms with E-state index >= 15 is 0 Å². The number of ether oxygens (including phenoxy) is 1. The Morgan fingerprint density at radius 1 is 0.872 bits per heavy atom. The van der Waals surface area contributed by atoms with E-state index in [0.717, 1.165) is 22.9 Å². The highest BCUT2D eigenvalue weighted by Crippen LogP contribution is 2.37. The molecule has 4 N–H and O–H groups in total. The molecule has 39 heavy (non-hydrogen) atoms. The van der Waals surface area contributed by atoms with E-state index in [0.29, 0.717) is 33.9 Å². The minimum absolute atomic E-state index is 0.0344. The monoisotopic (exact) mass is 543 g/mol. The van der Waals surface area contributed by atoms with Crippen LogP contribution in [0.2, 0.25) is 0 Å². The SMILES string of the molecule is COc1cc(-c2ccc3c(c2)Nc2ccc(C(=O)NCc4ccc(S(C)(=O)=O)cc4)cc2NC3=O)ccc1O. The van der Waals surface area contributed by atoms with Gasteiger partial charge in [-0.15, -0.1) is 0 Å². The van der Waals surface area contributed by atoms with Gasteiger partial charge in [0.1, 0.15) is 0 Å². The van der Waals surface area contributed by atoms with E-state index in [1.54, 1.807) is 54.6 Å². The van der Waals surface area contributed by atoms with Gasteiger partial charge in [0.2, 0.25) is 0 Å². The zero-order valence-corrected chi connectivity index (χ0v) is 21.9. The molecule has 4 aromatic rings. The van der Waals surface area contributed by atoms with E-state index in [4.69, 9.17) is 4.74 Å². The van der Waals surface area contributed by atoms with Crippen molar-refractivity contribution in [2.75, 3.05) is 24.0 Å². The summed E-state index contributed by atoms with van der Waals surface area (Å²) in [5.41, 5.74) is 4.82. The molecular formula is C29H25N3O6S. The Balaban J connectivity index is 1.35. The van der Waals surface area contributed by atoms with E-state index in [-0.39, 0.29) is 29.0 Å². The maximum absolute atomic E-state index is 13.0. The average molecular weight is 544 g/mol. The summed E-state index contributed by atoms with van der Waals surface area (Å²) in [7, 11) is -1.82. The van der Waals surface area contributed by atoms with Crippen molar-refractivity contribution in [3.8, 4) is 22.6 Å². The molecule has 0 bridgehead atoms. The predicted molar refractivity (Wildman–Crippen MR) is 148 cm³/mol. The number of benzene rings is 4. The van der Waals surface area contributed by atoms with Crippen LogP contribution >= 0.6 is 0 Å². The van der Waals surface area contributed by atoms with Gasteiger partial charge in [0.25, 0.3) is 11.8 Å². The van der Waals surface area contributed by atoms with Crippen LogP contribution in [0.15, 0.2) is 83.8 Å². The third-order valence-corrected chi connectivity index (χ3v) is 7.51. The quantitative estimate of drug-likeness (QED) is 0.277. The Hall–Kier alpha value is -4.83. The minimum atomic E-state index is -3.29. The number of hydrogen-bond acceptors (Lipinski definition) is 7. The molecule has 0 fully saturated rings. The van der Waals surface area contributed by atoms with Gasteiger partial charge in [0.15, 0.2) is 21.3 Å². The molecule has 4 aromatic carbocycles. The van der Waals surface area contributed by atoms with E-state index < -0.39 is 9.84 Å². The highest BCUT2D eigenvalue weighted by molar-refractivity contribution is 7.90. The van der Waals surface area contributed by atoms with Crippen molar-refractivity contribution < 1.29 is 27.9 Å². The summed E-state index contributed by atoms with van der Waals surface area (Å²) in [6.45, 7) is 0.209. The number of fused-ring (bicyclic) bond motifs is 2. The highest BCUT2D eigenvalue weighted by Gasteiger charge is 2.21. The zero-order chi connectivity index (χ0) is 27.7. The number of rotatable bonds is 6. The fourth-order valence-corrected chi connectivity index (χ4v) is 4.88. The van der Waals surface area contributed by atoms with Crippen molar-refractivity contribution in [3.63, 3.8) is 0 Å². The van der Waals surface area contributed by atoms with E-state index in [9.17, 15) is 23.1 Å². The first-order valence-corrected chi connectivity index (χ1v) is 13.8. The number of sulfone groups is 1. The average Bonchev–Trinajstić information content (AvgIpc) is 3.06. The first kappa shape index (κ1) is 25.8. The molecule has 0 aliphatic carbocycles. The highest BCUT2D eigenvalue weighted by atomic mass is 32.2. The van der Waals surface area contributed by atoms with Gasteiger partial charge >= 0.3 is 0 Å². The maximum atomic E-state index is 13.0. The van der Waals surface area contributed by atoms with Gasteiger partial charge < -0.3 is 25.8 Å². The lowest BCUT2D eigenvalue weighted by Crippen LogP contribution is -2.23. The van der Waals surface area contributed by atoms with Crippen LogP contribution in [0.3, 0.4) is 0 Å². The van der Waals surface area contributed by atoms with Gasteiger partial charge in [-0.3, -0.25) is 9.59 Å². The molecule has 2 amide bonds. The smallest absolute Gasteiger partial charge is 0.257 e. The lowest BCUT2D eigenvalue weighted by atomic mass is 10.0. The van der Waals surface area contributed by atoms with Gasteiger partial charge in [-0.25, -0.2) is 8.42 Å². The third-order valence-electron chi connectivity index (χ3n) is 6.38. The van der Waals surface area contributed by atoms with Gasteiger partial charge in [-0.1, -0.05) is 24.3 Å².